The smallest absolute Gasteiger partial charge is 0.328 e. The molecule has 2 aromatic rings. The largest absolute Gasteiger partial charge is 0.484 e. The van der Waals surface area contributed by atoms with Gasteiger partial charge in [-0.25, -0.2) is 9.78 Å². The summed E-state index contributed by atoms with van der Waals surface area (Å²) in [4.78, 5) is 41.1. The summed E-state index contributed by atoms with van der Waals surface area (Å²) < 4.78 is 26.6. The lowest BCUT2D eigenvalue weighted by Crippen LogP contribution is -2.42. The molecule has 1 heterocycles. The van der Waals surface area contributed by atoms with Gasteiger partial charge < -0.3 is 34.3 Å². The normalized spacial score (nSPS) is 11.6. The molecule has 0 bridgehead atoms. The molecule has 222 valence electrons. The fourth-order valence-corrected chi connectivity index (χ4v) is 3.35. The molecule has 0 spiro atoms. The van der Waals surface area contributed by atoms with Crippen molar-refractivity contribution >= 4 is 17.8 Å². The van der Waals surface area contributed by atoms with E-state index in [1.165, 1.54) is 13.3 Å². The number of terminal acetylenes is 1. The summed E-state index contributed by atoms with van der Waals surface area (Å²) in [5.41, 5.74) is 0.272. The van der Waals surface area contributed by atoms with E-state index in [1.807, 2.05) is 0 Å². The highest BCUT2D eigenvalue weighted by molar-refractivity contribution is 5.96. The van der Waals surface area contributed by atoms with Crippen molar-refractivity contribution in [2.24, 2.45) is 5.41 Å². The Balaban J connectivity index is 1.81. The highest BCUT2D eigenvalue weighted by Gasteiger charge is 2.24. The van der Waals surface area contributed by atoms with Crippen LogP contribution in [0, 0.1) is 17.8 Å². The number of methoxy groups -OCH3 is 1. The number of carbonyl (C=O) groups is 3. The average Bonchev–Trinajstić information content (AvgIpc) is 2.95. The van der Waals surface area contributed by atoms with Gasteiger partial charge in [0.05, 0.1) is 32.5 Å². The lowest BCUT2D eigenvalue weighted by molar-refractivity contribution is -0.143. The molecule has 0 unspecified atom stereocenters. The number of benzene rings is 1. The topological polar surface area (TPSA) is 134 Å². The Hall–Kier alpha value is -4.14. The summed E-state index contributed by atoms with van der Waals surface area (Å²) in [7, 11) is 1.29. The number of amides is 2. The number of hydrogen-bond donors (Lipinski definition) is 2. The number of carbonyl (C=O) groups excluding carboxylic acids is 3. The standard InChI is InChI=1S/C30H39N3O8/c1-6-15-38-17-18-39-16-14-31-26(34)21-40-23-8-7-9-24(19-23)41-27-11-10-22(20-32-27)28(35)33-25(29(36)37-5)12-13-30(2,3)4/h1,7-11,19-20,25H,12-18,21H2,2-5H3,(H,31,34)(H,33,35)/t25-/m0/s1. The quantitative estimate of drug-likeness (QED) is 0.167. The van der Waals surface area contributed by atoms with Crippen LogP contribution in [-0.4, -0.2) is 75.5 Å². The number of hydrogen-bond acceptors (Lipinski definition) is 9. The lowest BCUT2D eigenvalue weighted by Gasteiger charge is -2.22. The van der Waals surface area contributed by atoms with Crippen molar-refractivity contribution in [1.29, 1.82) is 0 Å². The van der Waals surface area contributed by atoms with Gasteiger partial charge in [0.1, 0.15) is 24.1 Å². The van der Waals surface area contributed by atoms with Gasteiger partial charge in [-0.15, -0.1) is 6.42 Å². The maximum absolute atomic E-state index is 12.7. The fraction of sp³-hybridized carbons (Fsp3) is 0.467. The molecular formula is C30H39N3O8. The zero-order valence-electron chi connectivity index (χ0n) is 24.1. The van der Waals surface area contributed by atoms with E-state index in [-0.39, 0.29) is 36.0 Å². The van der Waals surface area contributed by atoms with E-state index in [4.69, 9.17) is 30.1 Å². The second-order valence-electron chi connectivity index (χ2n) is 10.1. The molecule has 1 aromatic carbocycles. The van der Waals surface area contributed by atoms with Gasteiger partial charge in [-0.3, -0.25) is 9.59 Å². The van der Waals surface area contributed by atoms with Gasteiger partial charge in [0.25, 0.3) is 11.8 Å². The lowest BCUT2D eigenvalue weighted by atomic mass is 9.88. The molecule has 0 radical (unpaired) electrons. The molecule has 0 saturated carbocycles. The van der Waals surface area contributed by atoms with Crippen LogP contribution < -0.4 is 20.1 Å². The molecule has 0 aliphatic rings. The van der Waals surface area contributed by atoms with Crippen LogP contribution in [0.15, 0.2) is 42.6 Å². The molecule has 2 N–H and O–H groups in total. The van der Waals surface area contributed by atoms with Gasteiger partial charge >= 0.3 is 5.97 Å². The second kappa shape index (κ2) is 17.5. The molecule has 2 rings (SSSR count). The molecule has 1 aromatic heterocycles. The Bertz CT molecular complexity index is 1160. The van der Waals surface area contributed by atoms with Crippen molar-refractivity contribution in [1.82, 2.24) is 15.6 Å². The van der Waals surface area contributed by atoms with Crippen molar-refractivity contribution in [3.05, 3.63) is 48.2 Å². The Morgan fingerprint density at radius 2 is 1.80 bits per heavy atom. The number of esters is 1. The number of rotatable bonds is 17. The maximum Gasteiger partial charge on any atom is 0.328 e. The third-order valence-electron chi connectivity index (χ3n) is 5.50. The Kier molecular flexibility index (Phi) is 14.1. The van der Waals surface area contributed by atoms with Crippen LogP contribution in [0.3, 0.4) is 0 Å². The maximum atomic E-state index is 12.7. The molecule has 0 saturated heterocycles. The first-order valence-electron chi connectivity index (χ1n) is 13.2. The molecule has 0 aliphatic heterocycles. The van der Waals surface area contributed by atoms with Crippen LogP contribution >= 0.6 is 0 Å². The molecular weight excluding hydrogens is 530 g/mol. The Morgan fingerprint density at radius 3 is 2.49 bits per heavy atom. The third kappa shape index (κ3) is 13.7. The number of nitrogens with zero attached hydrogens (tertiary/aromatic N) is 1. The Morgan fingerprint density at radius 1 is 1.05 bits per heavy atom. The molecule has 0 fully saturated rings. The zero-order valence-corrected chi connectivity index (χ0v) is 24.1. The molecule has 2 amide bonds. The second-order valence-corrected chi connectivity index (χ2v) is 10.1. The van der Waals surface area contributed by atoms with Crippen LogP contribution in [0.4, 0.5) is 0 Å². The molecule has 0 aliphatic carbocycles. The summed E-state index contributed by atoms with van der Waals surface area (Å²) >= 11 is 0. The minimum Gasteiger partial charge on any atom is -0.484 e. The van der Waals surface area contributed by atoms with E-state index in [0.717, 1.165) is 6.42 Å². The summed E-state index contributed by atoms with van der Waals surface area (Å²) in [6.45, 7) is 7.69. The molecule has 11 nitrogen and oxygen atoms in total. The van der Waals surface area contributed by atoms with Crippen LogP contribution in [0.2, 0.25) is 0 Å². The first kappa shape index (κ1) is 33.1. The number of nitrogens with one attached hydrogen (secondary N) is 2. The number of aromatic nitrogens is 1. The van der Waals surface area contributed by atoms with Crippen molar-refractivity contribution in [3.8, 4) is 29.7 Å². The predicted molar refractivity (Wildman–Crippen MR) is 152 cm³/mol. The van der Waals surface area contributed by atoms with Crippen molar-refractivity contribution in [3.63, 3.8) is 0 Å². The van der Waals surface area contributed by atoms with Gasteiger partial charge in [-0.2, -0.15) is 0 Å². The minimum absolute atomic E-state index is 0.000916. The predicted octanol–water partition coefficient (Wildman–Crippen LogP) is 3.13. The van der Waals surface area contributed by atoms with Crippen LogP contribution in [0.1, 0.15) is 44.0 Å². The van der Waals surface area contributed by atoms with Crippen molar-refractivity contribution < 1.29 is 38.1 Å². The SMILES string of the molecule is C#CCOCCOCCNC(=O)COc1cccc(Oc2ccc(C(=O)N[C@@H](CCC(C)(C)C)C(=O)OC)cn2)c1. The minimum atomic E-state index is -0.759. The van der Waals surface area contributed by atoms with E-state index < -0.39 is 17.9 Å². The van der Waals surface area contributed by atoms with Crippen LogP contribution in [-0.2, 0) is 23.8 Å². The highest BCUT2D eigenvalue weighted by atomic mass is 16.5. The molecule has 41 heavy (non-hydrogen) atoms. The van der Waals surface area contributed by atoms with Crippen molar-refractivity contribution in [2.45, 2.75) is 39.7 Å². The summed E-state index contributed by atoms with van der Waals surface area (Å²) in [6, 6.07) is 9.06. The van der Waals surface area contributed by atoms with Gasteiger partial charge in [-0.1, -0.05) is 32.8 Å². The number of pyridine rings is 1. The van der Waals surface area contributed by atoms with E-state index in [2.05, 4.69) is 42.3 Å². The first-order valence-corrected chi connectivity index (χ1v) is 13.2. The Labute approximate surface area is 241 Å². The zero-order chi connectivity index (χ0) is 30.1. The summed E-state index contributed by atoms with van der Waals surface area (Å²) in [5.74, 6) is 2.24. The van der Waals surface area contributed by atoms with Gasteiger partial charge in [0.2, 0.25) is 5.88 Å². The molecule has 1 atom stereocenters. The average molecular weight is 570 g/mol. The van der Waals surface area contributed by atoms with E-state index in [0.29, 0.717) is 44.3 Å². The number of ether oxygens (including phenoxy) is 5. The van der Waals surface area contributed by atoms with Crippen LogP contribution in [0.25, 0.3) is 0 Å². The van der Waals surface area contributed by atoms with E-state index in [9.17, 15) is 14.4 Å². The highest BCUT2D eigenvalue weighted by Crippen LogP contribution is 2.25. The van der Waals surface area contributed by atoms with Gasteiger partial charge in [0.15, 0.2) is 6.61 Å². The van der Waals surface area contributed by atoms with Crippen LogP contribution in [0.5, 0.6) is 17.4 Å². The van der Waals surface area contributed by atoms with Gasteiger partial charge in [-0.05, 0) is 36.5 Å². The van der Waals surface area contributed by atoms with E-state index in [1.54, 1.807) is 36.4 Å². The summed E-state index contributed by atoms with van der Waals surface area (Å²) in [5, 5.41) is 5.42. The monoisotopic (exact) mass is 569 g/mol. The van der Waals surface area contributed by atoms with Gasteiger partial charge in [0, 0.05) is 24.9 Å². The summed E-state index contributed by atoms with van der Waals surface area (Å²) in [6.07, 6.45) is 7.63. The van der Waals surface area contributed by atoms with E-state index >= 15 is 0 Å². The fourth-order valence-electron chi connectivity index (χ4n) is 3.35. The third-order valence-corrected chi connectivity index (χ3v) is 5.50. The van der Waals surface area contributed by atoms with Crippen molar-refractivity contribution in [2.75, 3.05) is 46.7 Å². The molecule has 11 heteroatoms. The first-order chi connectivity index (χ1) is 19.6.